The first-order chi connectivity index (χ1) is 13.4. The van der Waals surface area contributed by atoms with E-state index in [1.54, 1.807) is 12.4 Å². The number of rotatable bonds is 1. The first-order valence-electron chi connectivity index (χ1n) is 8.68. The van der Waals surface area contributed by atoms with Crippen molar-refractivity contribution in [1.29, 1.82) is 0 Å². The van der Waals surface area contributed by atoms with Gasteiger partial charge in [-0.3, -0.25) is 0 Å². The molecule has 0 radical (unpaired) electrons. The fourth-order valence-electron chi connectivity index (χ4n) is 3.60. The summed E-state index contributed by atoms with van der Waals surface area (Å²) < 4.78 is 8.55. The second-order valence-electron chi connectivity index (χ2n) is 6.37. The van der Waals surface area contributed by atoms with Gasteiger partial charge >= 0.3 is 161 Å². The van der Waals surface area contributed by atoms with Crippen LogP contribution in [0.3, 0.4) is 0 Å². The van der Waals surface area contributed by atoms with Crippen molar-refractivity contribution in [1.82, 2.24) is 9.97 Å². The zero-order chi connectivity index (χ0) is 17.8. The van der Waals surface area contributed by atoms with Crippen LogP contribution in [0.15, 0.2) is 79.1 Å². The molecular formula is C22H13N3OSe. The van der Waals surface area contributed by atoms with Crippen LogP contribution in [0.5, 0.6) is 11.5 Å². The summed E-state index contributed by atoms with van der Waals surface area (Å²) in [6, 6.07) is 22.9. The van der Waals surface area contributed by atoms with E-state index in [4.69, 9.17) is 4.74 Å². The van der Waals surface area contributed by atoms with E-state index in [2.05, 4.69) is 45.2 Å². The summed E-state index contributed by atoms with van der Waals surface area (Å²) in [6.07, 6.45) is 3.55. The van der Waals surface area contributed by atoms with Crippen LogP contribution in [-0.2, 0) is 0 Å². The Morgan fingerprint density at radius 2 is 1.48 bits per heavy atom. The van der Waals surface area contributed by atoms with Crippen LogP contribution < -0.4 is 9.64 Å². The minimum absolute atomic E-state index is 0.181. The van der Waals surface area contributed by atoms with Gasteiger partial charge in [-0.1, -0.05) is 0 Å². The van der Waals surface area contributed by atoms with Gasteiger partial charge in [0.05, 0.1) is 0 Å². The topological polar surface area (TPSA) is 38.2 Å². The monoisotopic (exact) mass is 415 g/mol. The number of ether oxygens (including phenoxy) is 1. The zero-order valence-electron chi connectivity index (χ0n) is 14.2. The van der Waals surface area contributed by atoms with Gasteiger partial charge in [-0.25, -0.2) is 0 Å². The molecule has 3 aromatic carbocycles. The van der Waals surface area contributed by atoms with E-state index >= 15 is 0 Å². The predicted molar refractivity (Wildman–Crippen MR) is 109 cm³/mol. The Morgan fingerprint density at radius 1 is 0.778 bits per heavy atom. The molecule has 0 unspecified atom stereocenters. The fourth-order valence-corrected chi connectivity index (χ4v) is 5.77. The molecule has 0 spiro atoms. The van der Waals surface area contributed by atoms with Crippen molar-refractivity contribution in [3.8, 4) is 11.5 Å². The van der Waals surface area contributed by atoms with Crippen molar-refractivity contribution >= 4 is 51.1 Å². The molecule has 0 saturated heterocycles. The number of hydrogen-bond donors (Lipinski definition) is 0. The van der Waals surface area contributed by atoms with Gasteiger partial charge in [-0.2, -0.15) is 0 Å². The van der Waals surface area contributed by atoms with Crippen LogP contribution in [0.4, 0.5) is 17.1 Å². The SMILES string of the molecule is c1ccc2c(c1)Oc1ccccc1N2c1ccc2c(c1)[se]c1nccnc12. The molecule has 5 aromatic rings. The average Bonchev–Trinajstić information content (AvgIpc) is 3.09. The van der Waals surface area contributed by atoms with Gasteiger partial charge in [0.15, 0.2) is 0 Å². The number of hydrogen-bond acceptors (Lipinski definition) is 4. The molecule has 0 saturated carbocycles. The molecule has 0 atom stereocenters. The molecule has 1 aliphatic heterocycles. The first-order valence-corrected chi connectivity index (χ1v) is 10.4. The van der Waals surface area contributed by atoms with Crippen molar-refractivity contribution in [3.63, 3.8) is 0 Å². The van der Waals surface area contributed by atoms with Gasteiger partial charge in [-0.15, -0.1) is 0 Å². The zero-order valence-corrected chi connectivity index (χ0v) is 15.9. The molecular weight excluding hydrogens is 401 g/mol. The van der Waals surface area contributed by atoms with Gasteiger partial charge in [0.2, 0.25) is 0 Å². The van der Waals surface area contributed by atoms with Crippen molar-refractivity contribution in [2.75, 3.05) is 4.90 Å². The van der Waals surface area contributed by atoms with E-state index < -0.39 is 0 Å². The summed E-state index contributed by atoms with van der Waals surface area (Å²) in [5.74, 6) is 1.74. The first kappa shape index (κ1) is 15.0. The molecule has 1 aliphatic rings. The summed E-state index contributed by atoms with van der Waals surface area (Å²) in [4.78, 5) is 11.3. The minimum atomic E-state index is 0.181. The normalized spacial score (nSPS) is 12.7. The summed E-state index contributed by atoms with van der Waals surface area (Å²) in [7, 11) is 0. The third-order valence-electron chi connectivity index (χ3n) is 4.78. The average molecular weight is 414 g/mol. The molecule has 3 heterocycles. The molecule has 27 heavy (non-hydrogen) atoms. The predicted octanol–water partition coefficient (Wildman–Crippen LogP) is 5.42. The van der Waals surface area contributed by atoms with Crippen LogP contribution in [0.1, 0.15) is 0 Å². The van der Waals surface area contributed by atoms with Crippen LogP contribution in [-0.4, -0.2) is 24.5 Å². The van der Waals surface area contributed by atoms with Crippen LogP contribution in [0.2, 0.25) is 0 Å². The van der Waals surface area contributed by atoms with E-state index in [9.17, 15) is 0 Å². The number of para-hydroxylation sites is 4. The second kappa shape index (κ2) is 5.68. The molecule has 0 fully saturated rings. The van der Waals surface area contributed by atoms with Gasteiger partial charge in [0, 0.05) is 0 Å². The molecule has 0 N–H and O–H groups in total. The van der Waals surface area contributed by atoms with Crippen LogP contribution in [0, 0.1) is 0 Å². The number of nitrogens with zero attached hydrogens (tertiary/aromatic N) is 3. The van der Waals surface area contributed by atoms with Crippen molar-refractivity contribution in [3.05, 3.63) is 79.1 Å². The van der Waals surface area contributed by atoms with E-state index in [1.807, 2.05) is 36.4 Å². The van der Waals surface area contributed by atoms with Gasteiger partial charge < -0.3 is 0 Å². The van der Waals surface area contributed by atoms with Crippen molar-refractivity contribution < 1.29 is 4.74 Å². The summed E-state index contributed by atoms with van der Waals surface area (Å²) in [5.41, 5.74) is 4.26. The number of anilines is 3. The quantitative estimate of drug-likeness (QED) is 0.337. The number of fused-ring (bicyclic) bond motifs is 5. The molecule has 0 aliphatic carbocycles. The maximum atomic E-state index is 6.11. The van der Waals surface area contributed by atoms with Crippen LogP contribution in [0.25, 0.3) is 19.6 Å². The van der Waals surface area contributed by atoms with E-state index in [1.165, 1.54) is 9.65 Å². The Balaban J connectivity index is 1.61. The number of aromatic nitrogens is 2. The summed E-state index contributed by atoms with van der Waals surface area (Å²) in [6.45, 7) is 0. The van der Waals surface area contributed by atoms with E-state index in [-0.39, 0.29) is 14.5 Å². The van der Waals surface area contributed by atoms with Crippen LogP contribution >= 0.6 is 0 Å². The Bertz CT molecular complexity index is 1280. The third-order valence-corrected chi connectivity index (χ3v) is 6.98. The second-order valence-corrected chi connectivity index (χ2v) is 8.53. The fraction of sp³-hybridized carbons (Fsp3) is 0. The van der Waals surface area contributed by atoms with E-state index in [0.717, 1.165) is 38.5 Å². The molecule has 128 valence electrons. The Kier molecular flexibility index (Phi) is 3.15. The molecule has 0 bridgehead atoms. The Hall–Kier alpha value is -3.14. The molecule has 0 amide bonds. The molecule has 4 nitrogen and oxygen atoms in total. The van der Waals surface area contributed by atoms with Gasteiger partial charge in [0.1, 0.15) is 0 Å². The summed E-state index contributed by atoms with van der Waals surface area (Å²) >= 11 is 0.181. The molecule has 6 rings (SSSR count). The Labute approximate surface area is 161 Å². The van der Waals surface area contributed by atoms with Gasteiger partial charge in [-0.05, 0) is 0 Å². The summed E-state index contributed by atoms with van der Waals surface area (Å²) in [5, 5.41) is 1.21. The standard InChI is InChI=1S/C22H13N3OSe/c1-3-7-18-16(5-1)25(17-6-2-4-8-19(17)26-18)14-9-10-15-20(13-14)27-22-21(15)23-11-12-24-22/h1-13H. The maximum absolute atomic E-state index is 6.11. The molecule has 2 aromatic heterocycles. The number of benzene rings is 3. The third kappa shape index (κ3) is 2.23. The van der Waals surface area contributed by atoms with Crippen molar-refractivity contribution in [2.24, 2.45) is 0 Å². The van der Waals surface area contributed by atoms with E-state index in [0.29, 0.717) is 0 Å². The van der Waals surface area contributed by atoms with Crippen molar-refractivity contribution in [2.45, 2.75) is 0 Å². The Morgan fingerprint density at radius 3 is 2.26 bits per heavy atom. The van der Waals surface area contributed by atoms with Gasteiger partial charge in [0.25, 0.3) is 0 Å². The molecule has 5 heteroatoms.